The van der Waals surface area contributed by atoms with Gasteiger partial charge in [-0.25, -0.2) is 9.78 Å². The van der Waals surface area contributed by atoms with Crippen molar-refractivity contribution in [1.82, 2.24) is 24.1 Å². The van der Waals surface area contributed by atoms with Crippen LogP contribution in [0.3, 0.4) is 0 Å². The SMILES string of the molecule is COC(=O)c1cccn2cc(CSc3nncn3CC(F)(F)F)nc12. The van der Waals surface area contributed by atoms with Gasteiger partial charge in [0.25, 0.3) is 0 Å². The van der Waals surface area contributed by atoms with E-state index in [1.165, 1.54) is 7.11 Å². The lowest BCUT2D eigenvalue weighted by Gasteiger charge is -2.08. The summed E-state index contributed by atoms with van der Waals surface area (Å²) in [7, 11) is 1.28. The molecule has 0 amide bonds. The molecule has 0 aliphatic rings. The number of esters is 1. The van der Waals surface area contributed by atoms with Crippen molar-refractivity contribution >= 4 is 23.4 Å². The molecule has 3 heterocycles. The summed E-state index contributed by atoms with van der Waals surface area (Å²) in [5.41, 5.74) is 1.31. The highest BCUT2D eigenvalue weighted by molar-refractivity contribution is 7.98. The molecule has 0 fully saturated rings. The van der Waals surface area contributed by atoms with E-state index in [2.05, 4.69) is 15.2 Å². The Morgan fingerprint density at radius 1 is 1.40 bits per heavy atom. The molecule has 132 valence electrons. The number of methoxy groups -OCH3 is 1. The molecule has 25 heavy (non-hydrogen) atoms. The van der Waals surface area contributed by atoms with Crippen LogP contribution in [-0.4, -0.2) is 43.4 Å². The number of thioether (sulfide) groups is 1. The second-order valence-corrected chi connectivity index (χ2v) is 5.96. The molecule has 0 spiro atoms. The largest absolute Gasteiger partial charge is 0.465 e. The second-order valence-electron chi connectivity index (χ2n) is 5.02. The minimum absolute atomic E-state index is 0.141. The first-order chi connectivity index (χ1) is 11.9. The van der Waals surface area contributed by atoms with Crippen LogP contribution in [0.25, 0.3) is 5.65 Å². The van der Waals surface area contributed by atoms with Gasteiger partial charge in [-0.05, 0) is 12.1 Å². The van der Waals surface area contributed by atoms with Crippen LogP contribution in [0.15, 0.2) is 36.0 Å². The number of aromatic nitrogens is 5. The lowest BCUT2D eigenvalue weighted by molar-refractivity contribution is -0.142. The summed E-state index contributed by atoms with van der Waals surface area (Å²) in [5.74, 6) is -0.237. The van der Waals surface area contributed by atoms with Gasteiger partial charge in [0.1, 0.15) is 18.4 Å². The van der Waals surface area contributed by atoms with Crippen LogP contribution in [0.1, 0.15) is 16.1 Å². The number of alkyl halides is 3. The van der Waals surface area contributed by atoms with E-state index in [9.17, 15) is 18.0 Å². The fourth-order valence-corrected chi connectivity index (χ4v) is 3.00. The molecule has 3 rings (SSSR count). The fourth-order valence-electron chi connectivity index (χ4n) is 2.20. The molecule has 0 radical (unpaired) electrons. The van der Waals surface area contributed by atoms with Crippen LogP contribution in [0.5, 0.6) is 0 Å². The van der Waals surface area contributed by atoms with Gasteiger partial charge >= 0.3 is 12.1 Å². The molecule has 0 N–H and O–H groups in total. The van der Waals surface area contributed by atoms with Crippen LogP contribution in [0.4, 0.5) is 13.2 Å². The Hall–Kier alpha value is -2.56. The number of pyridine rings is 1. The number of hydrogen-bond donors (Lipinski definition) is 0. The van der Waals surface area contributed by atoms with Crippen molar-refractivity contribution in [1.29, 1.82) is 0 Å². The highest BCUT2D eigenvalue weighted by Gasteiger charge is 2.29. The van der Waals surface area contributed by atoms with Gasteiger partial charge in [0.15, 0.2) is 10.8 Å². The van der Waals surface area contributed by atoms with E-state index < -0.39 is 18.7 Å². The summed E-state index contributed by atoms with van der Waals surface area (Å²) in [4.78, 5) is 16.1. The first-order valence-corrected chi connectivity index (χ1v) is 7.98. The average molecular weight is 371 g/mol. The van der Waals surface area contributed by atoms with Gasteiger partial charge in [0, 0.05) is 18.1 Å². The van der Waals surface area contributed by atoms with Gasteiger partial charge < -0.3 is 9.14 Å². The quantitative estimate of drug-likeness (QED) is 0.507. The van der Waals surface area contributed by atoms with Crippen LogP contribution in [0.2, 0.25) is 0 Å². The summed E-state index contributed by atoms with van der Waals surface area (Å²) in [5, 5.41) is 7.35. The predicted octanol–water partition coefficient (Wildman–Crippen LogP) is 2.57. The third-order valence-electron chi connectivity index (χ3n) is 3.22. The number of rotatable bonds is 5. The third-order valence-corrected chi connectivity index (χ3v) is 4.23. The van der Waals surface area contributed by atoms with Crippen molar-refractivity contribution in [3.8, 4) is 0 Å². The molecular formula is C14H12F3N5O2S. The number of carbonyl (C=O) groups is 1. The Bertz CT molecular complexity index is 905. The smallest absolute Gasteiger partial charge is 0.406 e. The van der Waals surface area contributed by atoms with Gasteiger partial charge in [-0.2, -0.15) is 13.2 Å². The van der Waals surface area contributed by atoms with E-state index in [4.69, 9.17) is 4.74 Å². The van der Waals surface area contributed by atoms with E-state index in [1.807, 2.05) is 0 Å². The zero-order chi connectivity index (χ0) is 18.0. The predicted molar refractivity (Wildman–Crippen MR) is 82.2 cm³/mol. The Balaban J connectivity index is 1.79. The number of fused-ring (bicyclic) bond motifs is 1. The van der Waals surface area contributed by atoms with Crippen molar-refractivity contribution < 1.29 is 22.7 Å². The van der Waals surface area contributed by atoms with Crippen LogP contribution < -0.4 is 0 Å². The minimum atomic E-state index is -4.35. The van der Waals surface area contributed by atoms with Crippen molar-refractivity contribution in [2.24, 2.45) is 0 Å². The van der Waals surface area contributed by atoms with Gasteiger partial charge in [-0.15, -0.1) is 10.2 Å². The van der Waals surface area contributed by atoms with E-state index in [-0.39, 0.29) is 10.9 Å². The van der Waals surface area contributed by atoms with Crippen molar-refractivity contribution in [2.45, 2.75) is 23.6 Å². The maximum atomic E-state index is 12.5. The first-order valence-electron chi connectivity index (χ1n) is 6.99. The zero-order valence-corrected chi connectivity index (χ0v) is 13.7. The van der Waals surface area contributed by atoms with Crippen LogP contribution in [-0.2, 0) is 17.0 Å². The number of halogens is 3. The maximum absolute atomic E-state index is 12.5. The van der Waals surface area contributed by atoms with E-state index in [1.54, 1.807) is 28.9 Å². The standard InChI is InChI=1S/C14H12F3N5O2S/c1-24-12(23)10-3-2-4-21-5-9(19-11(10)21)6-25-13-20-18-8-22(13)7-14(15,16)17/h2-5,8H,6-7H2,1H3. The minimum Gasteiger partial charge on any atom is -0.465 e. The summed E-state index contributed by atoms with van der Waals surface area (Å²) < 4.78 is 44.8. The van der Waals surface area contributed by atoms with E-state index in [0.717, 1.165) is 22.7 Å². The molecular weight excluding hydrogens is 359 g/mol. The van der Waals surface area contributed by atoms with Crippen LogP contribution in [0, 0.1) is 0 Å². The monoisotopic (exact) mass is 371 g/mol. The Morgan fingerprint density at radius 2 is 2.20 bits per heavy atom. The highest BCUT2D eigenvalue weighted by atomic mass is 32.2. The summed E-state index contributed by atoms with van der Waals surface area (Å²) in [6, 6.07) is 3.27. The molecule has 7 nitrogen and oxygen atoms in total. The van der Waals surface area contributed by atoms with Crippen molar-refractivity contribution in [2.75, 3.05) is 7.11 Å². The zero-order valence-electron chi connectivity index (χ0n) is 12.9. The molecule has 0 aromatic carbocycles. The summed E-state index contributed by atoms with van der Waals surface area (Å²) in [6.07, 6.45) is 0.0966. The lowest BCUT2D eigenvalue weighted by Crippen LogP contribution is -2.17. The number of imidazole rings is 1. The molecule has 0 aliphatic carbocycles. The average Bonchev–Trinajstić information content (AvgIpc) is 3.16. The normalized spacial score (nSPS) is 11.8. The van der Waals surface area contributed by atoms with E-state index in [0.29, 0.717) is 16.9 Å². The van der Waals surface area contributed by atoms with Gasteiger partial charge in [0.05, 0.1) is 12.8 Å². The molecule has 0 saturated heterocycles. The first kappa shape index (κ1) is 17.3. The fraction of sp³-hybridized carbons (Fsp3) is 0.286. The Labute approximate surface area is 143 Å². The van der Waals surface area contributed by atoms with Gasteiger partial charge in [-0.1, -0.05) is 11.8 Å². The number of nitrogens with zero attached hydrogens (tertiary/aromatic N) is 5. The molecule has 0 bridgehead atoms. The molecule has 3 aromatic rings. The molecule has 0 unspecified atom stereocenters. The molecule has 0 saturated carbocycles. The van der Waals surface area contributed by atoms with Gasteiger partial charge in [-0.3, -0.25) is 4.57 Å². The Kier molecular flexibility index (Phi) is 4.66. The third kappa shape index (κ3) is 3.92. The number of ether oxygens (including phenoxy) is 1. The topological polar surface area (TPSA) is 74.3 Å². The molecule has 0 aliphatic heterocycles. The van der Waals surface area contributed by atoms with E-state index >= 15 is 0 Å². The molecule has 3 aromatic heterocycles. The maximum Gasteiger partial charge on any atom is 0.406 e. The van der Waals surface area contributed by atoms with Crippen molar-refractivity contribution in [3.05, 3.63) is 42.1 Å². The summed E-state index contributed by atoms with van der Waals surface area (Å²) in [6.45, 7) is -1.15. The highest BCUT2D eigenvalue weighted by Crippen LogP contribution is 2.25. The van der Waals surface area contributed by atoms with Crippen molar-refractivity contribution in [3.63, 3.8) is 0 Å². The van der Waals surface area contributed by atoms with Gasteiger partial charge in [0.2, 0.25) is 0 Å². The number of carbonyl (C=O) groups excluding carboxylic acids is 1. The Morgan fingerprint density at radius 3 is 2.92 bits per heavy atom. The summed E-state index contributed by atoms with van der Waals surface area (Å²) >= 11 is 1.08. The number of hydrogen-bond acceptors (Lipinski definition) is 6. The molecule has 0 atom stereocenters. The molecule has 11 heteroatoms. The van der Waals surface area contributed by atoms with Crippen LogP contribution >= 0.6 is 11.8 Å². The lowest BCUT2D eigenvalue weighted by atomic mass is 10.3. The second kappa shape index (κ2) is 6.75.